The van der Waals surface area contributed by atoms with E-state index in [1.807, 2.05) is 18.4 Å². The van der Waals surface area contributed by atoms with Crippen LogP contribution in [0.5, 0.6) is 0 Å². The number of carboxylic acids is 1. The first-order valence-corrected chi connectivity index (χ1v) is 5.91. The van der Waals surface area contributed by atoms with E-state index in [9.17, 15) is 9.59 Å². The number of thiophene rings is 1. The lowest BCUT2D eigenvalue weighted by molar-refractivity contribution is -0.140. The summed E-state index contributed by atoms with van der Waals surface area (Å²) in [6, 6.07) is 1.99. The van der Waals surface area contributed by atoms with Gasteiger partial charge in [-0.05, 0) is 23.9 Å². The van der Waals surface area contributed by atoms with Crippen molar-refractivity contribution in [1.29, 1.82) is 0 Å². The van der Waals surface area contributed by atoms with E-state index in [1.54, 1.807) is 18.3 Å². The van der Waals surface area contributed by atoms with Gasteiger partial charge in [0.25, 0.3) is 0 Å². The molecular formula is C11H15NO3S. The number of amides is 1. The number of hydrogen-bond donors (Lipinski definition) is 2. The van der Waals surface area contributed by atoms with Gasteiger partial charge in [-0.25, -0.2) is 0 Å². The highest BCUT2D eigenvalue weighted by Crippen LogP contribution is 2.15. The number of rotatable bonds is 5. The zero-order valence-corrected chi connectivity index (χ0v) is 10.1. The van der Waals surface area contributed by atoms with Gasteiger partial charge in [0.15, 0.2) is 0 Å². The molecular weight excluding hydrogens is 226 g/mol. The Kier molecular flexibility index (Phi) is 4.49. The molecule has 1 amide bonds. The maximum atomic E-state index is 11.5. The van der Waals surface area contributed by atoms with Crippen molar-refractivity contribution in [2.75, 3.05) is 0 Å². The third kappa shape index (κ3) is 3.66. The van der Waals surface area contributed by atoms with Crippen LogP contribution in [0.25, 0.3) is 0 Å². The van der Waals surface area contributed by atoms with Crippen molar-refractivity contribution in [2.24, 2.45) is 5.92 Å². The number of aryl methyl sites for hydroxylation is 1. The Morgan fingerprint density at radius 2 is 2.25 bits per heavy atom. The first-order chi connectivity index (χ1) is 7.50. The van der Waals surface area contributed by atoms with Crippen LogP contribution in [0.2, 0.25) is 0 Å². The van der Waals surface area contributed by atoms with Gasteiger partial charge >= 0.3 is 5.97 Å². The van der Waals surface area contributed by atoms with Crippen molar-refractivity contribution in [3.63, 3.8) is 0 Å². The van der Waals surface area contributed by atoms with Crippen LogP contribution >= 0.6 is 11.3 Å². The molecule has 0 fully saturated rings. The fourth-order valence-corrected chi connectivity index (χ4v) is 2.13. The molecule has 1 heterocycles. The van der Waals surface area contributed by atoms with E-state index in [-0.39, 0.29) is 12.3 Å². The lowest BCUT2D eigenvalue weighted by atomic mass is 10.1. The van der Waals surface area contributed by atoms with Crippen molar-refractivity contribution >= 4 is 23.2 Å². The van der Waals surface area contributed by atoms with E-state index in [4.69, 9.17) is 5.11 Å². The summed E-state index contributed by atoms with van der Waals surface area (Å²) in [6.07, 6.45) is -0.130. The van der Waals surface area contributed by atoms with E-state index in [2.05, 4.69) is 5.32 Å². The Balaban J connectivity index is 2.41. The Labute approximate surface area is 98.3 Å². The number of nitrogens with one attached hydrogen (secondary N) is 1. The molecule has 1 atom stereocenters. The molecule has 1 aromatic rings. The first kappa shape index (κ1) is 12.7. The molecule has 4 nitrogen and oxygen atoms in total. The van der Waals surface area contributed by atoms with Crippen LogP contribution < -0.4 is 5.32 Å². The summed E-state index contributed by atoms with van der Waals surface area (Å²) in [5.74, 6) is -1.65. The van der Waals surface area contributed by atoms with Gasteiger partial charge in [0.1, 0.15) is 0 Å². The van der Waals surface area contributed by atoms with Crippen LogP contribution in [0.3, 0.4) is 0 Å². The van der Waals surface area contributed by atoms with Crippen LogP contribution in [-0.2, 0) is 16.1 Å². The second kappa shape index (κ2) is 5.65. The fourth-order valence-electron chi connectivity index (χ4n) is 1.28. The third-order valence-corrected chi connectivity index (χ3v) is 3.34. The molecule has 0 bridgehead atoms. The van der Waals surface area contributed by atoms with Crippen molar-refractivity contribution in [2.45, 2.75) is 26.8 Å². The molecule has 5 heteroatoms. The second-order valence-electron chi connectivity index (χ2n) is 3.74. The molecule has 0 aliphatic heterocycles. The third-order valence-electron chi connectivity index (χ3n) is 2.32. The smallest absolute Gasteiger partial charge is 0.304 e. The highest BCUT2D eigenvalue weighted by molar-refractivity contribution is 7.10. The van der Waals surface area contributed by atoms with Gasteiger partial charge in [0.05, 0.1) is 13.0 Å². The largest absolute Gasteiger partial charge is 0.481 e. The zero-order chi connectivity index (χ0) is 12.1. The van der Waals surface area contributed by atoms with Crippen LogP contribution in [0.4, 0.5) is 0 Å². The molecule has 1 aromatic heterocycles. The Hall–Kier alpha value is -1.36. The molecule has 0 aliphatic rings. The monoisotopic (exact) mass is 241 g/mol. The molecule has 88 valence electrons. The molecule has 0 aliphatic carbocycles. The number of carbonyl (C=O) groups excluding carboxylic acids is 1. The van der Waals surface area contributed by atoms with Crippen LogP contribution in [-0.4, -0.2) is 17.0 Å². The van der Waals surface area contributed by atoms with E-state index in [0.29, 0.717) is 6.54 Å². The van der Waals surface area contributed by atoms with Crippen molar-refractivity contribution < 1.29 is 14.7 Å². The summed E-state index contributed by atoms with van der Waals surface area (Å²) in [7, 11) is 0. The van der Waals surface area contributed by atoms with Crippen LogP contribution in [0.15, 0.2) is 11.4 Å². The van der Waals surface area contributed by atoms with E-state index in [1.165, 1.54) is 0 Å². The molecule has 0 saturated carbocycles. The highest BCUT2D eigenvalue weighted by Gasteiger charge is 2.16. The minimum absolute atomic E-state index is 0.130. The van der Waals surface area contributed by atoms with Gasteiger partial charge in [-0.3, -0.25) is 9.59 Å². The predicted octanol–water partition coefficient (Wildman–Crippen LogP) is 1.78. The summed E-state index contributed by atoms with van der Waals surface area (Å²) >= 11 is 1.59. The summed E-state index contributed by atoms with van der Waals surface area (Å²) < 4.78 is 0. The fraction of sp³-hybridized carbons (Fsp3) is 0.455. The summed E-state index contributed by atoms with van der Waals surface area (Å²) in [5.41, 5.74) is 1.15. The second-order valence-corrected chi connectivity index (χ2v) is 4.74. The van der Waals surface area contributed by atoms with Gasteiger partial charge in [-0.1, -0.05) is 6.92 Å². The van der Waals surface area contributed by atoms with Gasteiger partial charge in [0.2, 0.25) is 5.91 Å². The van der Waals surface area contributed by atoms with E-state index >= 15 is 0 Å². The first-order valence-electron chi connectivity index (χ1n) is 5.03. The van der Waals surface area contributed by atoms with Crippen molar-refractivity contribution in [3.05, 3.63) is 21.9 Å². The maximum absolute atomic E-state index is 11.5. The molecule has 0 saturated heterocycles. The van der Waals surface area contributed by atoms with E-state index < -0.39 is 11.9 Å². The summed E-state index contributed by atoms with van der Waals surface area (Å²) in [5, 5.41) is 13.3. The minimum Gasteiger partial charge on any atom is -0.481 e. The van der Waals surface area contributed by atoms with Gasteiger partial charge in [0, 0.05) is 10.8 Å². The van der Waals surface area contributed by atoms with Gasteiger partial charge < -0.3 is 10.4 Å². The summed E-state index contributed by atoms with van der Waals surface area (Å²) in [4.78, 5) is 23.0. The molecule has 16 heavy (non-hydrogen) atoms. The number of aliphatic carboxylic acids is 1. The molecule has 0 aromatic carbocycles. The molecule has 1 unspecified atom stereocenters. The van der Waals surface area contributed by atoms with Crippen molar-refractivity contribution in [1.82, 2.24) is 5.32 Å². The standard InChI is InChI=1S/C11H15NO3S/c1-7-3-4-16-9(7)6-12-11(15)8(2)5-10(13)14/h3-4,8H,5-6H2,1-2H3,(H,12,15)(H,13,14). The Morgan fingerprint density at radius 3 is 2.75 bits per heavy atom. The van der Waals surface area contributed by atoms with E-state index in [0.717, 1.165) is 10.4 Å². The minimum atomic E-state index is -0.949. The quantitative estimate of drug-likeness (QED) is 0.825. The molecule has 1 rings (SSSR count). The maximum Gasteiger partial charge on any atom is 0.304 e. The lowest BCUT2D eigenvalue weighted by Crippen LogP contribution is -2.29. The molecule has 0 radical (unpaired) electrons. The summed E-state index contributed by atoms with van der Waals surface area (Å²) in [6.45, 7) is 4.08. The molecule has 2 N–H and O–H groups in total. The average molecular weight is 241 g/mol. The molecule has 0 spiro atoms. The lowest BCUT2D eigenvalue weighted by Gasteiger charge is -2.09. The number of carbonyl (C=O) groups is 2. The van der Waals surface area contributed by atoms with Gasteiger partial charge in [-0.2, -0.15) is 0 Å². The number of hydrogen-bond acceptors (Lipinski definition) is 3. The van der Waals surface area contributed by atoms with Crippen LogP contribution in [0, 0.1) is 12.8 Å². The topological polar surface area (TPSA) is 66.4 Å². The van der Waals surface area contributed by atoms with Crippen LogP contribution in [0.1, 0.15) is 23.8 Å². The predicted molar refractivity (Wildman–Crippen MR) is 62.3 cm³/mol. The number of carboxylic acid groups (broad SMARTS) is 1. The van der Waals surface area contributed by atoms with Crippen molar-refractivity contribution in [3.8, 4) is 0 Å². The highest BCUT2D eigenvalue weighted by atomic mass is 32.1. The Bertz CT molecular complexity index is 386. The zero-order valence-electron chi connectivity index (χ0n) is 9.32. The van der Waals surface area contributed by atoms with Gasteiger partial charge in [-0.15, -0.1) is 11.3 Å². The SMILES string of the molecule is Cc1ccsc1CNC(=O)C(C)CC(=O)O. The average Bonchev–Trinajstić information content (AvgIpc) is 2.59. The Morgan fingerprint density at radius 1 is 1.56 bits per heavy atom. The normalized spacial score (nSPS) is 12.1.